The number of hydrazine groups is 1. The Labute approximate surface area is 101 Å². The molecule has 17 heavy (non-hydrogen) atoms. The van der Waals surface area contributed by atoms with Gasteiger partial charge in [-0.2, -0.15) is 0 Å². The van der Waals surface area contributed by atoms with Crippen molar-refractivity contribution in [1.82, 2.24) is 5.43 Å². The average molecular weight is 234 g/mol. The highest BCUT2D eigenvalue weighted by Crippen LogP contribution is 2.28. The van der Waals surface area contributed by atoms with Gasteiger partial charge in [0.2, 0.25) is 0 Å². The first kappa shape index (κ1) is 12.0. The third-order valence-electron chi connectivity index (χ3n) is 2.93. The molecular formula is C13H18N2O2. The molecule has 1 aliphatic rings. The van der Waals surface area contributed by atoms with E-state index in [2.05, 4.69) is 5.43 Å². The Balaban J connectivity index is 2.24. The lowest BCUT2D eigenvalue weighted by molar-refractivity contribution is 0.219. The quantitative estimate of drug-likeness (QED) is 0.617. The van der Waals surface area contributed by atoms with Crippen LogP contribution in [0.15, 0.2) is 36.1 Å². The number of nitrogens with one attached hydrogen (secondary N) is 1. The fourth-order valence-corrected chi connectivity index (χ4v) is 2.04. The summed E-state index contributed by atoms with van der Waals surface area (Å²) in [6.07, 6.45) is 3.85. The van der Waals surface area contributed by atoms with Crippen LogP contribution in [0.3, 0.4) is 0 Å². The Hall–Kier alpha value is -1.52. The molecule has 1 unspecified atom stereocenters. The van der Waals surface area contributed by atoms with Crippen molar-refractivity contribution in [3.8, 4) is 5.75 Å². The molecule has 0 amide bonds. The fraction of sp³-hybridized carbons (Fsp3) is 0.385. The molecule has 0 bridgehead atoms. The van der Waals surface area contributed by atoms with E-state index in [-0.39, 0.29) is 6.04 Å². The zero-order valence-corrected chi connectivity index (χ0v) is 9.98. The van der Waals surface area contributed by atoms with E-state index in [9.17, 15) is 0 Å². The van der Waals surface area contributed by atoms with Crippen LogP contribution in [-0.4, -0.2) is 13.7 Å². The summed E-state index contributed by atoms with van der Waals surface area (Å²) in [6, 6.07) is 7.89. The molecule has 0 spiro atoms. The summed E-state index contributed by atoms with van der Waals surface area (Å²) in [6.45, 7) is 0.791. The molecule has 1 atom stereocenters. The van der Waals surface area contributed by atoms with Crippen LogP contribution in [0.25, 0.3) is 0 Å². The number of methoxy groups -OCH3 is 1. The topological polar surface area (TPSA) is 56.5 Å². The molecule has 4 nitrogen and oxygen atoms in total. The minimum absolute atomic E-state index is 0.00889. The molecule has 92 valence electrons. The van der Waals surface area contributed by atoms with E-state index in [1.807, 2.05) is 30.5 Å². The van der Waals surface area contributed by atoms with Crippen LogP contribution in [-0.2, 0) is 4.74 Å². The van der Waals surface area contributed by atoms with Crippen molar-refractivity contribution in [3.05, 3.63) is 41.7 Å². The standard InChI is InChI=1S/C13H18N2O2/c1-16-12-6-2-4-10(8-12)13(15-14)11-5-3-7-17-9-11/h2,4,6,8-9,13,15H,3,5,7,14H2,1H3. The zero-order valence-electron chi connectivity index (χ0n) is 9.98. The van der Waals surface area contributed by atoms with Crippen molar-refractivity contribution in [3.63, 3.8) is 0 Å². The maximum absolute atomic E-state index is 5.64. The molecule has 0 saturated heterocycles. The van der Waals surface area contributed by atoms with Gasteiger partial charge >= 0.3 is 0 Å². The lowest BCUT2D eigenvalue weighted by atomic mass is 9.96. The van der Waals surface area contributed by atoms with E-state index < -0.39 is 0 Å². The van der Waals surface area contributed by atoms with Crippen LogP contribution in [0.2, 0.25) is 0 Å². The molecule has 0 aromatic heterocycles. The van der Waals surface area contributed by atoms with Gasteiger partial charge in [-0.15, -0.1) is 0 Å². The molecule has 1 aliphatic heterocycles. The second-order valence-electron chi connectivity index (χ2n) is 4.04. The number of hydrogen-bond donors (Lipinski definition) is 2. The normalized spacial score (nSPS) is 16.9. The molecule has 2 rings (SSSR count). The maximum Gasteiger partial charge on any atom is 0.119 e. The van der Waals surface area contributed by atoms with Gasteiger partial charge in [0.25, 0.3) is 0 Å². The SMILES string of the molecule is COc1cccc(C(NN)C2=COCCC2)c1. The number of benzene rings is 1. The van der Waals surface area contributed by atoms with E-state index in [4.69, 9.17) is 15.3 Å². The molecular weight excluding hydrogens is 216 g/mol. The first-order valence-corrected chi connectivity index (χ1v) is 5.76. The van der Waals surface area contributed by atoms with Gasteiger partial charge in [0.05, 0.1) is 26.0 Å². The van der Waals surface area contributed by atoms with Crippen LogP contribution < -0.4 is 16.0 Å². The fourth-order valence-electron chi connectivity index (χ4n) is 2.04. The molecule has 0 radical (unpaired) electrons. The highest BCUT2D eigenvalue weighted by atomic mass is 16.5. The predicted octanol–water partition coefficient (Wildman–Crippen LogP) is 1.89. The maximum atomic E-state index is 5.64. The lowest BCUT2D eigenvalue weighted by Gasteiger charge is -2.23. The third kappa shape index (κ3) is 2.78. The van der Waals surface area contributed by atoms with Crippen LogP contribution in [0.4, 0.5) is 0 Å². The van der Waals surface area contributed by atoms with Gasteiger partial charge in [-0.05, 0) is 36.1 Å². The summed E-state index contributed by atoms with van der Waals surface area (Å²) in [5.41, 5.74) is 5.10. The second-order valence-corrected chi connectivity index (χ2v) is 4.04. The Morgan fingerprint density at radius 3 is 3.00 bits per heavy atom. The van der Waals surface area contributed by atoms with E-state index in [1.54, 1.807) is 7.11 Å². The summed E-state index contributed by atoms with van der Waals surface area (Å²) < 4.78 is 10.6. The molecule has 0 saturated carbocycles. The Morgan fingerprint density at radius 1 is 1.47 bits per heavy atom. The molecule has 1 heterocycles. The summed E-state index contributed by atoms with van der Waals surface area (Å²) in [5, 5.41) is 0. The largest absolute Gasteiger partial charge is 0.501 e. The Kier molecular flexibility index (Phi) is 4.01. The van der Waals surface area contributed by atoms with Gasteiger partial charge in [0, 0.05) is 0 Å². The first-order valence-electron chi connectivity index (χ1n) is 5.76. The Morgan fingerprint density at radius 2 is 2.35 bits per heavy atom. The van der Waals surface area contributed by atoms with Crippen molar-refractivity contribution in [2.45, 2.75) is 18.9 Å². The molecule has 0 aliphatic carbocycles. The van der Waals surface area contributed by atoms with Crippen molar-refractivity contribution in [1.29, 1.82) is 0 Å². The van der Waals surface area contributed by atoms with Gasteiger partial charge in [-0.1, -0.05) is 12.1 Å². The van der Waals surface area contributed by atoms with Gasteiger partial charge in [-0.3, -0.25) is 5.84 Å². The minimum atomic E-state index is -0.00889. The molecule has 1 aromatic rings. The highest BCUT2D eigenvalue weighted by molar-refractivity contribution is 5.34. The van der Waals surface area contributed by atoms with Crippen LogP contribution >= 0.6 is 0 Å². The van der Waals surface area contributed by atoms with Crippen molar-refractivity contribution < 1.29 is 9.47 Å². The van der Waals surface area contributed by atoms with Gasteiger partial charge in [0.1, 0.15) is 5.75 Å². The summed E-state index contributed by atoms with van der Waals surface area (Å²) >= 11 is 0. The van der Waals surface area contributed by atoms with E-state index in [0.717, 1.165) is 30.8 Å². The smallest absolute Gasteiger partial charge is 0.119 e. The van der Waals surface area contributed by atoms with Crippen molar-refractivity contribution >= 4 is 0 Å². The van der Waals surface area contributed by atoms with E-state index in [0.29, 0.717) is 0 Å². The average Bonchev–Trinajstić information content (AvgIpc) is 2.41. The third-order valence-corrected chi connectivity index (χ3v) is 2.93. The van der Waals surface area contributed by atoms with Crippen LogP contribution in [0.1, 0.15) is 24.4 Å². The van der Waals surface area contributed by atoms with Gasteiger partial charge in [-0.25, -0.2) is 5.43 Å². The summed E-state index contributed by atoms with van der Waals surface area (Å²) in [5.74, 6) is 6.47. The van der Waals surface area contributed by atoms with Gasteiger partial charge in [0.15, 0.2) is 0 Å². The van der Waals surface area contributed by atoms with E-state index >= 15 is 0 Å². The number of nitrogens with two attached hydrogens (primary N) is 1. The summed E-state index contributed by atoms with van der Waals surface area (Å²) in [7, 11) is 1.66. The first-order chi connectivity index (χ1) is 8.35. The Bertz CT molecular complexity index is 404. The van der Waals surface area contributed by atoms with E-state index in [1.165, 1.54) is 5.57 Å². The van der Waals surface area contributed by atoms with Gasteiger partial charge < -0.3 is 9.47 Å². The highest BCUT2D eigenvalue weighted by Gasteiger charge is 2.18. The van der Waals surface area contributed by atoms with Crippen molar-refractivity contribution in [2.75, 3.05) is 13.7 Å². The molecule has 1 aromatic carbocycles. The molecule has 4 heteroatoms. The number of rotatable bonds is 4. The number of ether oxygens (including phenoxy) is 2. The number of hydrogen-bond acceptors (Lipinski definition) is 4. The summed E-state index contributed by atoms with van der Waals surface area (Å²) in [4.78, 5) is 0. The van der Waals surface area contributed by atoms with Crippen LogP contribution in [0.5, 0.6) is 5.75 Å². The van der Waals surface area contributed by atoms with Crippen molar-refractivity contribution in [2.24, 2.45) is 5.84 Å². The predicted molar refractivity (Wildman–Crippen MR) is 66.3 cm³/mol. The molecule has 3 N–H and O–H groups in total. The lowest BCUT2D eigenvalue weighted by Crippen LogP contribution is -2.30. The second kappa shape index (κ2) is 5.70. The van der Waals surface area contributed by atoms with Crippen LogP contribution in [0, 0.1) is 0 Å². The minimum Gasteiger partial charge on any atom is -0.501 e. The monoisotopic (exact) mass is 234 g/mol. The zero-order chi connectivity index (χ0) is 12.1. The molecule has 0 fully saturated rings.